The van der Waals surface area contributed by atoms with Gasteiger partial charge in [0.05, 0.1) is 5.52 Å². The third-order valence-corrected chi connectivity index (χ3v) is 3.60. The normalized spacial score (nSPS) is 13.1. The summed E-state index contributed by atoms with van der Waals surface area (Å²) in [6.07, 6.45) is 1.84. The molecule has 0 spiro atoms. The summed E-state index contributed by atoms with van der Waals surface area (Å²) < 4.78 is 0. The zero-order chi connectivity index (χ0) is 13.0. The van der Waals surface area contributed by atoms with Crippen molar-refractivity contribution in [3.63, 3.8) is 0 Å². The molecule has 0 bridgehead atoms. The van der Waals surface area contributed by atoms with Gasteiger partial charge in [-0.25, -0.2) is 0 Å². The third-order valence-electron chi connectivity index (χ3n) is 3.60. The van der Waals surface area contributed by atoms with Crippen LogP contribution in [-0.4, -0.2) is 11.5 Å². The van der Waals surface area contributed by atoms with Gasteiger partial charge in [0.25, 0.3) is 0 Å². The first-order chi connectivity index (χ1) is 8.66. The molecule has 0 saturated carbocycles. The standard InChI is InChI=1S/C16H22N2/c1-12(2)13(3)10-17-11-14-6-7-16-15(9-14)5-4-8-18-16/h4-9,12-13,17H,10-11H2,1-3H3. The van der Waals surface area contributed by atoms with Crippen LogP contribution in [0, 0.1) is 11.8 Å². The van der Waals surface area contributed by atoms with Crippen LogP contribution in [-0.2, 0) is 6.54 Å². The average molecular weight is 242 g/mol. The van der Waals surface area contributed by atoms with E-state index in [0.717, 1.165) is 24.5 Å². The monoisotopic (exact) mass is 242 g/mol. The molecule has 1 atom stereocenters. The molecule has 0 radical (unpaired) electrons. The highest BCUT2D eigenvalue weighted by atomic mass is 14.9. The molecule has 0 aliphatic carbocycles. The first-order valence-corrected chi connectivity index (χ1v) is 6.71. The fraction of sp³-hybridized carbons (Fsp3) is 0.438. The second-order valence-corrected chi connectivity index (χ2v) is 5.38. The van der Waals surface area contributed by atoms with Gasteiger partial charge in [0.1, 0.15) is 0 Å². The van der Waals surface area contributed by atoms with Crippen molar-refractivity contribution in [2.24, 2.45) is 11.8 Å². The molecule has 1 aromatic heterocycles. The summed E-state index contributed by atoms with van der Waals surface area (Å²) in [5.41, 5.74) is 2.39. The summed E-state index contributed by atoms with van der Waals surface area (Å²) in [6.45, 7) is 8.84. The second kappa shape index (κ2) is 5.96. The number of hydrogen-bond donors (Lipinski definition) is 1. The number of hydrogen-bond acceptors (Lipinski definition) is 2. The lowest BCUT2D eigenvalue weighted by molar-refractivity contribution is 0.392. The predicted molar refractivity (Wildman–Crippen MR) is 77.5 cm³/mol. The second-order valence-electron chi connectivity index (χ2n) is 5.38. The van der Waals surface area contributed by atoms with Crippen molar-refractivity contribution in [3.8, 4) is 0 Å². The van der Waals surface area contributed by atoms with Crippen LogP contribution in [0.3, 0.4) is 0 Å². The van der Waals surface area contributed by atoms with E-state index in [9.17, 15) is 0 Å². The van der Waals surface area contributed by atoms with E-state index in [1.807, 2.05) is 12.3 Å². The van der Waals surface area contributed by atoms with Gasteiger partial charge in [-0.15, -0.1) is 0 Å². The van der Waals surface area contributed by atoms with Gasteiger partial charge >= 0.3 is 0 Å². The molecule has 1 unspecified atom stereocenters. The smallest absolute Gasteiger partial charge is 0.0702 e. The number of benzene rings is 1. The molecule has 0 fully saturated rings. The lowest BCUT2D eigenvalue weighted by atomic mass is 9.98. The Hall–Kier alpha value is -1.41. The van der Waals surface area contributed by atoms with E-state index in [2.05, 4.69) is 55.3 Å². The highest BCUT2D eigenvalue weighted by Gasteiger charge is 2.06. The minimum absolute atomic E-state index is 0.715. The van der Waals surface area contributed by atoms with Gasteiger partial charge in [-0.1, -0.05) is 32.9 Å². The van der Waals surface area contributed by atoms with Crippen molar-refractivity contribution < 1.29 is 0 Å². The highest BCUT2D eigenvalue weighted by molar-refractivity contribution is 5.78. The van der Waals surface area contributed by atoms with Crippen LogP contribution < -0.4 is 5.32 Å². The van der Waals surface area contributed by atoms with Crippen LogP contribution in [0.2, 0.25) is 0 Å². The molecule has 96 valence electrons. The van der Waals surface area contributed by atoms with Crippen LogP contribution in [0.5, 0.6) is 0 Å². The summed E-state index contributed by atoms with van der Waals surface area (Å²) in [6, 6.07) is 10.6. The zero-order valence-electron chi connectivity index (χ0n) is 11.5. The Morgan fingerprint density at radius 3 is 2.78 bits per heavy atom. The van der Waals surface area contributed by atoms with Gasteiger partial charge < -0.3 is 5.32 Å². The van der Waals surface area contributed by atoms with Crippen molar-refractivity contribution in [3.05, 3.63) is 42.1 Å². The molecule has 1 heterocycles. The van der Waals surface area contributed by atoms with Crippen LogP contribution in [0.1, 0.15) is 26.3 Å². The SMILES string of the molecule is CC(C)C(C)CNCc1ccc2ncccc2c1. The molecule has 18 heavy (non-hydrogen) atoms. The van der Waals surface area contributed by atoms with Crippen molar-refractivity contribution in [1.82, 2.24) is 10.3 Å². The van der Waals surface area contributed by atoms with E-state index in [0.29, 0.717) is 5.92 Å². The van der Waals surface area contributed by atoms with Gasteiger partial charge in [-0.2, -0.15) is 0 Å². The molecule has 2 rings (SSSR count). The van der Waals surface area contributed by atoms with Gasteiger partial charge in [-0.05, 0) is 42.1 Å². The van der Waals surface area contributed by atoms with Crippen molar-refractivity contribution in [2.45, 2.75) is 27.3 Å². The summed E-state index contributed by atoms with van der Waals surface area (Å²) in [5.74, 6) is 1.45. The van der Waals surface area contributed by atoms with E-state index >= 15 is 0 Å². The van der Waals surface area contributed by atoms with Crippen molar-refractivity contribution >= 4 is 10.9 Å². The number of pyridine rings is 1. The van der Waals surface area contributed by atoms with Crippen LogP contribution in [0.4, 0.5) is 0 Å². The van der Waals surface area contributed by atoms with Gasteiger partial charge in [-0.3, -0.25) is 4.98 Å². The molecule has 1 N–H and O–H groups in total. The first kappa shape index (κ1) is 13.0. The fourth-order valence-electron chi connectivity index (χ4n) is 1.91. The lowest BCUT2D eigenvalue weighted by Gasteiger charge is -2.16. The maximum atomic E-state index is 4.33. The van der Waals surface area contributed by atoms with Gasteiger partial charge in [0.15, 0.2) is 0 Å². The maximum absolute atomic E-state index is 4.33. The molecule has 2 aromatic rings. The molecule has 0 saturated heterocycles. The largest absolute Gasteiger partial charge is 0.312 e. The highest BCUT2D eigenvalue weighted by Crippen LogP contribution is 2.13. The average Bonchev–Trinajstić information content (AvgIpc) is 2.38. The summed E-state index contributed by atoms with van der Waals surface area (Å²) in [7, 11) is 0. The maximum Gasteiger partial charge on any atom is 0.0702 e. The quantitative estimate of drug-likeness (QED) is 0.866. The Kier molecular flexibility index (Phi) is 4.32. The minimum Gasteiger partial charge on any atom is -0.312 e. The predicted octanol–water partition coefficient (Wildman–Crippen LogP) is 3.62. The van der Waals surface area contributed by atoms with Gasteiger partial charge in [0, 0.05) is 18.1 Å². The molecular formula is C16H22N2. The summed E-state index contributed by atoms with van der Waals surface area (Å²) >= 11 is 0. The van der Waals surface area contributed by atoms with E-state index in [1.165, 1.54) is 10.9 Å². The molecule has 2 heteroatoms. The number of aromatic nitrogens is 1. The topological polar surface area (TPSA) is 24.9 Å². The fourth-order valence-corrected chi connectivity index (χ4v) is 1.91. The molecule has 1 aromatic carbocycles. The van der Waals surface area contributed by atoms with Crippen LogP contribution in [0.25, 0.3) is 10.9 Å². The summed E-state index contributed by atoms with van der Waals surface area (Å²) in [5, 5.41) is 4.74. The molecule has 0 aliphatic rings. The van der Waals surface area contributed by atoms with E-state index < -0.39 is 0 Å². The summed E-state index contributed by atoms with van der Waals surface area (Å²) in [4.78, 5) is 4.33. The van der Waals surface area contributed by atoms with E-state index in [1.54, 1.807) is 0 Å². The first-order valence-electron chi connectivity index (χ1n) is 6.71. The Balaban J connectivity index is 1.96. The van der Waals surface area contributed by atoms with E-state index in [4.69, 9.17) is 0 Å². The molecule has 0 amide bonds. The van der Waals surface area contributed by atoms with Crippen molar-refractivity contribution in [2.75, 3.05) is 6.54 Å². The Morgan fingerprint density at radius 1 is 1.17 bits per heavy atom. The van der Waals surface area contributed by atoms with Crippen molar-refractivity contribution in [1.29, 1.82) is 0 Å². The third kappa shape index (κ3) is 3.30. The molecular weight excluding hydrogens is 220 g/mol. The van der Waals surface area contributed by atoms with E-state index in [-0.39, 0.29) is 0 Å². The minimum atomic E-state index is 0.715. The van der Waals surface area contributed by atoms with Gasteiger partial charge in [0.2, 0.25) is 0 Å². The van der Waals surface area contributed by atoms with Crippen LogP contribution in [0.15, 0.2) is 36.5 Å². The number of nitrogens with one attached hydrogen (secondary N) is 1. The molecule has 0 aliphatic heterocycles. The Bertz CT molecular complexity index is 505. The number of fused-ring (bicyclic) bond motifs is 1. The van der Waals surface area contributed by atoms with Crippen LogP contribution >= 0.6 is 0 Å². The zero-order valence-corrected chi connectivity index (χ0v) is 11.5. The number of rotatable bonds is 5. The molecule has 2 nitrogen and oxygen atoms in total. The number of nitrogens with zero attached hydrogens (tertiary/aromatic N) is 1. The Labute approximate surface area is 109 Å². The lowest BCUT2D eigenvalue weighted by Crippen LogP contribution is -2.23. The Morgan fingerprint density at radius 2 is 2.00 bits per heavy atom.